The molecule has 1 amide bonds. The van der Waals surface area contributed by atoms with E-state index in [4.69, 9.17) is 30.5 Å². The second-order valence-electron chi connectivity index (χ2n) is 10.1. The van der Waals surface area contributed by atoms with Gasteiger partial charge in [0.05, 0.1) is 26.9 Å². The molecule has 3 aromatic carbocycles. The molecule has 1 aliphatic rings. The Balaban J connectivity index is 1.60. The number of aryl methyl sites for hydroxylation is 1. The number of phenolic OH excluding ortho intramolecular Hbond substituents is 1. The summed E-state index contributed by atoms with van der Waals surface area (Å²) in [6, 6.07) is 14.1. The third kappa shape index (κ3) is 5.72. The maximum Gasteiger partial charge on any atom is 0.273 e. The van der Waals surface area contributed by atoms with Crippen LogP contribution in [0, 0.1) is 6.92 Å². The number of halogens is 1. The van der Waals surface area contributed by atoms with Crippen LogP contribution in [0.3, 0.4) is 0 Å². The van der Waals surface area contributed by atoms with E-state index in [2.05, 4.69) is 16.8 Å². The van der Waals surface area contributed by atoms with Crippen LogP contribution in [-0.2, 0) is 6.42 Å². The Labute approximate surface area is 255 Å². The van der Waals surface area contributed by atoms with E-state index in [0.717, 1.165) is 16.7 Å². The van der Waals surface area contributed by atoms with Crippen molar-refractivity contribution in [1.29, 1.82) is 0 Å². The highest BCUT2D eigenvalue weighted by Crippen LogP contribution is 2.46. The lowest BCUT2D eigenvalue weighted by Gasteiger charge is -2.27. The lowest BCUT2D eigenvalue weighted by atomic mass is 9.94. The number of hydrogen-bond donors (Lipinski definition) is 2. The van der Waals surface area contributed by atoms with Crippen LogP contribution in [0.5, 0.6) is 28.7 Å². The highest BCUT2D eigenvalue weighted by molar-refractivity contribution is 6.31. The molecule has 1 unspecified atom stereocenters. The molecule has 2 heterocycles. The lowest BCUT2D eigenvalue weighted by molar-refractivity contribution is 0.0745. The molecule has 224 valence electrons. The van der Waals surface area contributed by atoms with Crippen LogP contribution in [0.2, 0.25) is 5.02 Å². The number of nitrogens with one attached hydrogen (secondary N) is 1. The van der Waals surface area contributed by atoms with Crippen LogP contribution >= 0.6 is 11.6 Å². The molecule has 4 aromatic rings. The van der Waals surface area contributed by atoms with E-state index in [1.54, 1.807) is 37.3 Å². The minimum Gasteiger partial charge on any atom is -0.507 e. The summed E-state index contributed by atoms with van der Waals surface area (Å²) in [5.41, 5.74) is 4.40. The summed E-state index contributed by atoms with van der Waals surface area (Å²) in [6.45, 7) is 8.58. The van der Waals surface area contributed by atoms with Gasteiger partial charge in [-0.05, 0) is 73.4 Å². The minimum absolute atomic E-state index is 0.0226. The molecule has 2 N–H and O–H groups in total. The maximum atomic E-state index is 13.9. The van der Waals surface area contributed by atoms with Gasteiger partial charge in [0.15, 0.2) is 23.0 Å². The predicted molar refractivity (Wildman–Crippen MR) is 165 cm³/mol. The average Bonchev–Trinajstić information content (AvgIpc) is 3.55. The van der Waals surface area contributed by atoms with Gasteiger partial charge in [-0.15, -0.1) is 0 Å². The Bertz CT molecular complexity index is 1670. The van der Waals surface area contributed by atoms with Crippen LogP contribution < -0.4 is 18.9 Å². The monoisotopic (exact) mass is 603 g/mol. The van der Waals surface area contributed by atoms with Crippen molar-refractivity contribution in [3.8, 4) is 40.0 Å². The van der Waals surface area contributed by atoms with Crippen molar-refractivity contribution in [3.63, 3.8) is 0 Å². The van der Waals surface area contributed by atoms with Gasteiger partial charge in [0.25, 0.3) is 5.91 Å². The van der Waals surface area contributed by atoms with Crippen molar-refractivity contribution >= 4 is 17.5 Å². The Kier molecular flexibility index (Phi) is 8.82. The molecule has 1 aromatic heterocycles. The fraction of sp³-hybridized carbons (Fsp3) is 0.273. The second kappa shape index (κ2) is 12.7. The number of aromatic nitrogens is 2. The van der Waals surface area contributed by atoms with E-state index in [1.165, 1.54) is 0 Å². The number of amides is 1. The van der Waals surface area contributed by atoms with Crippen LogP contribution in [0.25, 0.3) is 11.3 Å². The average molecular weight is 604 g/mol. The molecule has 1 atom stereocenters. The molecule has 0 radical (unpaired) electrons. The number of hydrogen-bond acceptors (Lipinski definition) is 7. The number of aromatic hydroxyl groups is 1. The van der Waals surface area contributed by atoms with Crippen molar-refractivity contribution in [2.24, 2.45) is 0 Å². The number of aromatic amines is 1. The van der Waals surface area contributed by atoms with Gasteiger partial charge >= 0.3 is 0 Å². The summed E-state index contributed by atoms with van der Waals surface area (Å²) < 4.78 is 22.6. The summed E-state index contributed by atoms with van der Waals surface area (Å²) in [4.78, 5) is 15.7. The van der Waals surface area contributed by atoms with E-state index in [1.807, 2.05) is 50.2 Å². The lowest BCUT2D eigenvalue weighted by Crippen LogP contribution is -2.31. The van der Waals surface area contributed by atoms with Gasteiger partial charge in [-0.25, -0.2) is 0 Å². The molecule has 1 aliphatic heterocycles. The molecular formula is C33H34ClN3O6. The molecule has 10 heteroatoms. The normalized spacial score (nSPS) is 14.0. The third-order valence-electron chi connectivity index (χ3n) is 7.43. The summed E-state index contributed by atoms with van der Waals surface area (Å²) in [6.07, 6.45) is 2.22. The molecule has 5 rings (SSSR count). The first-order valence-electron chi connectivity index (χ1n) is 13.9. The van der Waals surface area contributed by atoms with Gasteiger partial charge in [-0.3, -0.25) is 9.89 Å². The predicted octanol–water partition coefficient (Wildman–Crippen LogP) is 6.51. The molecule has 0 fully saturated rings. The molecule has 0 bridgehead atoms. The number of ether oxygens (including phenoxy) is 4. The molecule has 9 nitrogen and oxygen atoms in total. The van der Waals surface area contributed by atoms with Crippen molar-refractivity contribution in [3.05, 3.63) is 94.2 Å². The van der Waals surface area contributed by atoms with E-state index in [-0.39, 0.29) is 11.7 Å². The number of rotatable bonds is 12. The number of carbonyl (C=O) groups excluding carboxylic acids is 1. The number of carbonyl (C=O) groups is 1. The van der Waals surface area contributed by atoms with Gasteiger partial charge in [-0.2, -0.15) is 5.10 Å². The third-order valence-corrected chi connectivity index (χ3v) is 7.83. The zero-order chi connectivity index (χ0) is 30.7. The van der Waals surface area contributed by atoms with Crippen molar-refractivity contribution < 1.29 is 28.8 Å². The number of H-pyrrole nitrogens is 1. The maximum absolute atomic E-state index is 13.9. The summed E-state index contributed by atoms with van der Waals surface area (Å²) in [7, 11) is 3.18. The van der Waals surface area contributed by atoms with E-state index >= 15 is 0 Å². The first-order valence-corrected chi connectivity index (χ1v) is 14.3. The quantitative estimate of drug-likeness (QED) is 0.178. The van der Waals surface area contributed by atoms with Crippen LogP contribution in [-0.4, -0.2) is 60.1 Å². The SMILES string of the molecule is C=CCOc1ccc(C2c3c(-c4cc(Cl)c(C)cc4O)n[nH]c3C(=O)N2CCc2ccc(OC)c(OC)c2)cc1OCC. The Morgan fingerprint density at radius 1 is 1.05 bits per heavy atom. The van der Waals surface area contributed by atoms with Crippen LogP contribution in [0.1, 0.15) is 45.7 Å². The topological polar surface area (TPSA) is 106 Å². The molecule has 0 saturated carbocycles. The first kappa shape index (κ1) is 29.8. The first-order chi connectivity index (χ1) is 20.8. The zero-order valence-electron chi connectivity index (χ0n) is 24.6. The Hall–Kier alpha value is -4.63. The van der Waals surface area contributed by atoms with Crippen LogP contribution in [0.15, 0.2) is 61.2 Å². The molecule has 43 heavy (non-hydrogen) atoms. The number of methoxy groups -OCH3 is 2. The molecule has 0 saturated heterocycles. The van der Waals surface area contributed by atoms with Crippen molar-refractivity contribution in [2.75, 3.05) is 34.0 Å². The van der Waals surface area contributed by atoms with Gasteiger partial charge in [-0.1, -0.05) is 36.4 Å². The highest BCUT2D eigenvalue weighted by Gasteiger charge is 2.42. The zero-order valence-corrected chi connectivity index (χ0v) is 25.3. The molecular weight excluding hydrogens is 570 g/mol. The molecule has 0 spiro atoms. The fourth-order valence-electron chi connectivity index (χ4n) is 5.35. The second-order valence-corrected chi connectivity index (χ2v) is 10.5. The van der Waals surface area contributed by atoms with Gasteiger partial charge in [0.1, 0.15) is 23.7 Å². The smallest absolute Gasteiger partial charge is 0.273 e. The number of nitrogens with zero attached hydrogens (tertiary/aromatic N) is 2. The number of fused-ring (bicyclic) bond motifs is 1. The van der Waals surface area contributed by atoms with Crippen LogP contribution in [0.4, 0.5) is 0 Å². The van der Waals surface area contributed by atoms with Gasteiger partial charge < -0.3 is 29.0 Å². The van der Waals surface area contributed by atoms with E-state index < -0.39 is 6.04 Å². The number of phenols is 1. The van der Waals surface area contributed by atoms with Gasteiger partial charge in [0, 0.05) is 22.7 Å². The largest absolute Gasteiger partial charge is 0.507 e. The van der Waals surface area contributed by atoms with E-state index in [9.17, 15) is 9.90 Å². The Morgan fingerprint density at radius 3 is 2.53 bits per heavy atom. The van der Waals surface area contributed by atoms with Gasteiger partial charge in [0.2, 0.25) is 0 Å². The highest BCUT2D eigenvalue weighted by atomic mass is 35.5. The minimum atomic E-state index is -0.538. The number of benzene rings is 3. The summed E-state index contributed by atoms with van der Waals surface area (Å²) >= 11 is 6.46. The molecule has 0 aliphatic carbocycles. The van der Waals surface area contributed by atoms with Crippen molar-refractivity contribution in [1.82, 2.24) is 15.1 Å². The Morgan fingerprint density at radius 2 is 1.81 bits per heavy atom. The summed E-state index contributed by atoms with van der Waals surface area (Å²) in [5, 5.41) is 18.8. The summed E-state index contributed by atoms with van der Waals surface area (Å²) in [5.74, 6) is 2.18. The fourth-order valence-corrected chi connectivity index (χ4v) is 5.52. The standard InChI is InChI=1S/C33H34ClN3O6/c1-6-14-43-26-11-9-21(17-28(26)42-7-2)32-29-30(22-18-23(34)19(3)15-24(22)38)35-36-31(29)33(39)37(32)13-12-20-8-10-25(40-4)27(16-20)41-5/h6,8-11,15-18,32,38H,1,7,12-14H2,2-5H3,(H,35,36). The van der Waals surface area contributed by atoms with E-state index in [0.29, 0.717) is 76.7 Å². The van der Waals surface area contributed by atoms with Crippen molar-refractivity contribution in [2.45, 2.75) is 26.3 Å².